The van der Waals surface area contributed by atoms with E-state index in [1.165, 1.54) is 11.3 Å². The van der Waals surface area contributed by atoms with Gasteiger partial charge in [-0.05, 0) is 24.3 Å². The molecule has 2 fully saturated rings. The van der Waals surface area contributed by atoms with Gasteiger partial charge in [-0.25, -0.2) is 0 Å². The SMILES string of the molecule is CNC(=O)COC1COC2(CCCN(C(=O)c3cccs3)C2)C1. The van der Waals surface area contributed by atoms with Gasteiger partial charge in [0.1, 0.15) is 6.61 Å². The van der Waals surface area contributed by atoms with Crippen molar-refractivity contribution in [3.63, 3.8) is 0 Å². The van der Waals surface area contributed by atoms with Crippen LogP contribution >= 0.6 is 11.3 Å². The summed E-state index contributed by atoms with van der Waals surface area (Å²) < 4.78 is 11.6. The third kappa shape index (κ3) is 3.73. The van der Waals surface area contributed by atoms with Crippen molar-refractivity contribution >= 4 is 23.2 Å². The van der Waals surface area contributed by atoms with E-state index in [0.29, 0.717) is 13.2 Å². The molecule has 0 radical (unpaired) electrons. The highest BCUT2D eigenvalue weighted by molar-refractivity contribution is 7.12. The number of carbonyl (C=O) groups excluding carboxylic acids is 2. The van der Waals surface area contributed by atoms with Gasteiger partial charge in [-0.1, -0.05) is 6.07 Å². The molecule has 7 heteroatoms. The average Bonchev–Trinajstić information content (AvgIpc) is 3.22. The predicted molar refractivity (Wildman–Crippen MR) is 86.6 cm³/mol. The molecule has 1 N–H and O–H groups in total. The van der Waals surface area contributed by atoms with Gasteiger partial charge in [0.2, 0.25) is 5.91 Å². The highest BCUT2D eigenvalue weighted by atomic mass is 32.1. The first-order chi connectivity index (χ1) is 11.1. The molecular weight excluding hydrogens is 316 g/mol. The molecule has 126 valence electrons. The molecule has 1 spiro atoms. The van der Waals surface area contributed by atoms with E-state index in [0.717, 1.165) is 30.7 Å². The van der Waals surface area contributed by atoms with E-state index in [4.69, 9.17) is 9.47 Å². The largest absolute Gasteiger partial charge is 0.370 e. The number of nitrogens with zero attached hydrogens (tertiary/aromatic N) is 1. The van der Waals surface area contributed by atoms with E-state index in [1.54, 1.807) is 7.05 Å². The Kier molecular flexibility index (Phi) is 4.99. The van der Waals surface area contributed by atoms with Gasteiger partial charge in [0.15, 0.2) is 0 Å². The van der Waals surface area contributed by atoms with Crippen molar-refractivity contribution in [1.29, 1.82) is 0 Å². The highest BCUT2D eigenvalue weighted by Gasteiger charge is 2.45. The Labute approximate surface area is 139 Å². The normalized spacial score (nSPS) is 27.3. The lowest BCUT2D eigenvalue weighted by atomic mass is 9.89. The number of ether oxygens (including phenoxy) is 2. The standard InChI is InChI=1S/C16H22N2O4S/c1-17-14(19)10-21-12-8-16(22-9-12)5-3-6-18(11-16)15(20)13-4-2-7-23-13/h2,4,7,12H,3,5-6,8-11H2,1H3,(H,17,19). The van der Waals surface area contributed by atoms with E-state index in [2.05, 4.69) is 5.32 Å². The lowest BCUT2D eigenvalue weighted by Crippen LogP contribution is -2.50. The maximum absolute atomic E-state index is 12.5. The van der Waals surface area contributed by atoms with Gasteiger partial charge in [0.25, 0.3) is 5.91 Å². The third-order valence-electron chi connectivity index (χ3n) is 4.46. The van der Waals surface area contributed by atoms with E-state index >= 15 is 0 Å². The number of likely N-dealkylation sites (tertiary alicyclic amines) is 1. The van der Waals surface area contributed by atoms with E-state index < -0.39 is 0 Å². The van der Waals surface area contributed by atoms with Gasteiger partial charge in [-0.15, -0.1) is 11.3 Å². The molecule has 2 atom stereocenters. The summed E-state index contributed by atoms with van der Waals surface area (Å²) in [5.41, 5.74) is -0.321. The number of hydrogen-bond donors (Lipinski definition) is 1. The molecule has 2 amide bonds. The van der Waals surface area contributed by atoms with Crippen LogP contribution < -0.4 is 5.32 Å². The van der Waals surface area contributed by atoms with Crippen LogP contribution in [-0.4, -0.2) is 61.8 Å². The van der Waals surface area contributed by atoms with Crippen molar-refractivity contribution in [2.24, 2.45) is 0 Å². The van der Waals surface area contributed by atoms with Crippen molar-refractivity contribution in [1.82, 2.24) is 10.2 Å². The summed E-state index contributed by atoms with van der Waals surface area (Å²) in [6.07, 6.45) is 2.52. The lowest BCUT2D eigenvalue weighted by Gasteiger charge is -2.39. The highest BCUT2D eigenvalue weighted by Crippen LogP contribution is 2.36. The first-order valence-electron chi connectivity index (χ1n) is 7.91. The van der Waals surface area contributed by atoms with Gasteiger partial charge in [0.05, 0.1) is 29.7 Å². The molecule has 3 rings (SSSR count). The first kappa shape index (κ1) is 16.4. The second-order valence-electron chi connectivity index (χ2n) is 6.11. The number of piperidine rings is 1. The smallest absolute Gasteiger partial charge is 0.264 e. The van der Waals surface area contributed by atoms with Crippen LogP contribution in [-0.2, 0) is 14.3 Å². The zero-order valence-corrected chi connectivity index (χ0v) is 14.1. The molecule has 0 saturated carbocycles. The molecular formula is C16H22N2O4S. The molecule has 2 unspecified atom stereocenters. The maximum Gasteiger partial charge on any atom is 0.264 e. The van der Waals surface area contributed by atoms with Crippen LogP contribution in [0.15, 0.2) is 17.5 Å². The Balaban J connectivity index is 1.58. The van der Waals surface area contributed by atoms with Crippen LogP contribution in [0.2, 0.25) is 0 Å². The Morgan fingerprint density at radius 2 is 2.43 bits per heavy atom. The third-order valence-corrected chi connectivity index (χ3v) is 5.32. The molecule has 23 heavy (non-hydrogen) atoms. The Bertz CT molecular complexity index is 562. The molecule has 0 aromatic carbocycles. The molecule has 2 aliphatic heterocycles. The number of thiophene rings is 1. The molecule has 3 heterocycles. The van der Waals surface area contributed by atoms with Crippen LogP contribution in [0.25, 0.3) is 0 Å². The lowest BCUT2D eigenvalue weighted by molar-refractivity contribution is -0.127. The van der Waals surface area contributed by atoms with Crippen LogP contribution in [0.3, 0.4) is 0 Å². The average molecular weight is 338 g/mol. The number of rotatable bonds is 4. The summed E-state index contributed by atoms with van der Waals surface area (Å²) >= 11 is 1.47. The summed E-state index contributed by atoms with van der Waals surface area (Å²) in [6.45, 7) is 1.91. The van der Waals surface area contributed by atoms with Gasteiger partial charge in [-0.2, -0.15) is 0 Å². The van der Waals surface area contributed by atoms with Crippen LogP contribution in [0, 0.1) is 0 Å². The van der Waals surface area contributed by atoms with Gasteiger partial charge in [-0.3, -0.25) is 9.59 Å². The zero-order valence-electron chi connectivity index (χ0n) is 13.2. The van der Waals surface area contributed by atoms with Crippen molar-refractivity contribution in [3.8, 4) is 0 Å². The van der Waals surface area contributed by atoms with Crippen molar-refractivity contribution in [2.75, 3.05) is 33.4 Å². The zero-order chi connectivity index (χ0) is 16.3. The second-order valence-corrected chi connectivity index (χ2v) is 7.06. The summed E-state index contributed by atoms with van der Waals surface area (Å²) in [6, 6.07) is 3.76. The Morgan fingerprint density at radius 1 is 1.57 bits per heavy atom. The molecule has 1 aromatic heterocycles. The van der Waals surface area contributed by atoms with Gasteiger partial charge in [0, 0.05) is 20.0 Å². The number of carbonyl (C=O) groups is 2. The summed E-state index contributed by atoms with van der Waals surface area (Å²) in [5.74, 6) is -0.0542. The minimum atomic E-state index is -0.321. The van der Waals surface area contributed by atoms with Crippen molar-refractivity contribution in [2.45, 2.75) is 31.0 Å². The fourth-order valence-electron chi connectivity index (χ4n) is 3.29. The Hall–Kier alpha value is -1.44. The predicted octanol–water partition coefficient (Wildman–Crippen LogP) is 1.27. The molecule has 0 bridgehead atoms. The van der Waals surface area contributed by atoms with Crippen molar-refractivity contribution < 1.29 is 19.1 Å². The van der Waals surface area contributed by atoms with E-state index in [-0.39, 0.29) is 30.1 Å². The second kappa shape index (κ2) is 6.98. The number of hydrogen-bond acceptors (Lipinski definition) is 5. The summed E-state index contributed by atoms with van der Waals surface area (Å²) in [7, 11) is 1.59. The fraction of sp³-hybridized carbons (Fsp3) is 0.625. The van der Waals surface area contributed by atoms with Gasteiger partial charge < -0.3 is 19.7 Å². The van der Waals surface area contributed by atoms with Gasteiger partial charge >= 0.3 is 0 Å². The number of likely N-dealkylation sites (N-methyl/N-ethyl adjacent to an activating group) is 1. The maximum atomic E-state index is 12.5. The van der Waals surface area contributed by atoms with Crippen LogP contribution in [0.1, 0.15) is 28.9 Å². The molecule has 6 nitrogen and oxygen atoms in total. The quantitative estimate of drug-likeness (QED) is 0.898. The monoisotopic (exact) mass is 338 g/mol. The minimum Gasteiger partial charge on any atom is -0.370 e. The summed E-state index contributed by atoms with van der Waals surface area (Å²) in [4.78, 5) is 26.5. The molecule has 1 aromatic rings. The topological polar surface area (TPSA) is 67.9 Å². The van der Waals surface area contributed by atoms with E-state index in [1.807, 2.05) is 22.4 Å². The van der Waals surface area contributed by atoms with Crippen LogP contribution in [0.4, 0.5) is 0 Å². The first-order valence-corrected chi connectivity index (χ1v) is 8.79. The van der Waals surface area contributed by atoms with E-state index in [9.17, 15) is 9.59 Å². The van der Waals surface area contributed by atoms with Crippen LogP contribution in [0.5, 0.6) is 0 Å². The number of nitrogens with one attached hydrogen (secondary N) is 1. The fourth-order valence-corrected chi connectivity index (χ4v) is 3.98. The summed E-state index contributed by atoms with van der Waals surface area (Å²) in [5, 5.41) is 4.46. The molecule has 0 aliphatic carbocycles. The number of amides is 2. The molecule has 2 aliphatic rings. The Morgan fingerprint density at radius 3 is 3.17 bits per heavy atom. The molecule has 2 saturated heterocycles. The minimum absolute atomic E-state index is 0.0540. The van der Waals surface area contributed by atoms with Crippen molar-refractivity contribution in [3.05, 3.63) is 22.4 Å².